The minimum Gasteiger partial charge on any atom is -0.373 e. The zero-order valence-electron chi connectivity index (χ0n) is 12.2. The largest absolute Gasteiger partial charge is 0.373 e. The summed E-state index contributed by atoms with van der Waals surface area (Å²) in [5, 5.41) is 3.66. The minimum absolute atomic E-state index is 0.433. The average molecular weight is 338 g/mol. The van der Waals surface area contributed by atoms with Crippen LogP contribution in [-0.4, -0.2) is 18.7 Å². The molecule has 2 nitrogen and oxygen atoms in total. The van der Waals surface area contributed by atoms with Crippen molar-refractivity contribution < 1.29 is 4.74 Å². The number of halogens is 1. The van der Waals surface area contributed by atoms with E-state index in [9.17, 15) is 0 Å². The molecule has 1 aromatic carbocycles. The van der Waals surface area contributed by atoms with Crippen LogP contribution in [0, 0.1) is 5.41 Å². The zero-order valence-corrected chi connectivity index (χ0v) is 13.8. The highest BCUT2D eigenvalue weighted by Gasteiger charge is 2.56. The lowest BCUT2D eigenvalue weighted by molar-refractivity contribution is -0.139. The van der Waals surface area contributed by atoms with Gasteiger partial charge in [-0.1, -0.05) is 47.8 Å². The molecule has 2 aliphatic carbocycles. The first-order valence-electron chi connectivity index (χ1n) is 7.84. The van der Waals surface area contributed by atoms with Crippen LogP contribution in [0.1, 0.15) is 44.6 Å². The molecule has 0 saturated heterocycles. The molecule has 3 rings (SSSR count). The molecule has 3 heteroatoms. The van der Waals surface area contributed by atoms with Crippen molar-refractivity contribution in [2.75, 3.05) is 6.54 Å². The van der Waals surface area contributed by atoms with E-state index in [4.69, 9.17) is 4.74 Å². The van der Waals surface area contributed by atoms with E-state index in [1.165, 1.54) is 37.7 Å². The van der Waals surface area contributed by atoms with Gasteiger partial charge in [0.25, 0.3) is 0 Å². The topological polar surface area (TPSA) is 21.3 Å². The standard InChI is InChI=1S/C17H24BrNO/c1-2-19-15-11-16(17(15)8-3-4-9-17)20-12-13-6-5-7-14(18)10-13/h5-7,10,15-16,19H,2-4,8-9,11-12H2,1H3. The average Bonchev–Trinajstić information content (AvgIpc) is 2.94. The molecular formula is C17H24BrNO. The van der Waals surface area contributed by atoms with E-state index in [0.717, 1.165) is 17.6 Å². The Morgan fingerprint density at radius 2 is 2.15 bits per heavy atom. The molecular weight excluding hydrogens is 314 g/mol. The third kappa shape index (κ3) is 2.68. The number of ether oxygens (including phenoxy) is 1. The number of hydrogen-bond acceptors (Lipinski definition) is 2. The van der Waals surface area contributed by atoms with Crippen LogP contribution in [0.15, 0.2) is 28.7 Å². The molecule has 2 aliphatic rings. The Kier molecular flexibility index (Phi) is 4.49. The fourth-order valence-corrected chi connectivity index (χ4v) is 4.49. The van der Waals surface area contributed by atoms with Gasteiger partial charge in [-0.05, 0) is 43.5 Å². The fraction of sp³-hybridized carbons (Fsp3) is 0.647. The smallest absolute Gasteiger partial charge is 0.0721 e. The maximum Gasteiger partial charge on any atom is 0.0721 e. The number of rotatable bonds is 5. The molecule has 2 atom stereocenters. The molecule has 0 bridgehead atoms. The van der Waals surface area contributed by atoms with Gasteiger partial charge in [0, 0.05) is 15.9 Å². The summed E-state index contributed by atoms with van der Waals surface area (Å²) in [7, 11) is 0. The van der Waals surface area contributed by atoms with E-state index in [2.05, 4.69) is 52.4 Å². The van der Waals surface area contributed by atoms with Crippen LogP contribution in [0.25, 0.3) is 0 Å². The van der Waals surface area contributed by atoms with Gasteiger partial charge in [0.2, 0.25) is 0 Å². The van der Waals surface area contributed by atoms with E-state index in [1.807, 2.05) is 0 Å². The van der Waals surface area contributed by atoms with Gasteiger partial charge in [-0.3, -0.25) is 0 Å². The van der Waals surface area contributed by atoms with Gasteiger partial charge in [0.05, 0.1) is 12.7 Å². The second-order valence-electron chi connectivity index (χ2n) is 6.22. The van der Waals surface area contributed by atoms with E-state index < -0.39 is 0 Å². The predicted molar refractivity (Wildman–Crippen MR) is 85.7 cm³/mol. The van der Waals surface area contributed by atoms with E-state index in [1.54, 1.807) is 0 Å². The van der Waals surface area contributed by atoms with Crippen molar-refractivity contribution in [1.82, 2.24) is 5.32 Å². The number of benzene rings is 1. The molecule has 2 fully saturated rings. The van der Waals surface area contributed by atoms with Crippen molar-refractivity contribution in [3.63, 3.8) is 0 Å². The third-order valence-electron chi connectivity index (χ3n) is 5.11. The number of hydrogen-bond donors (Lipinski definition) is 1. The van der Waals surface area contributed by atoms with E-state index in [-0.39, 0.29) is 0 Å². The second kappa shape index (κ2) is 6.17. The first kappa shape index (κ1) is 14.6. The quantitative estimate of drug-likeness (QED) is 0.865. The van der Waals surface area contributed by atoms with Crippen LogP contribution in [0.4, 0.5) is 0 Å². The van der Waals surface area contributed by atoms with Gasteiger partial charge in [0.1, 0.15) is 0 Å². The molecule has 0 aromatic heterocycles. The van der Waals surface area contributed by atoms with Crippen LogP contribution < -0.4 is 5.32 Å². The van der Waals surface area contributed by atoms with Gasteiger partial charge < -0.3 is 10.1 Å². The first-order valence-corrected chi connectivity index (χ1v) is 8.63. The normalized spacial score (nSPS) is 27.7. The fourth-order valence-electron chi connectivity index (χ4n) is 4.04. The first-order chi connectivity index (χ1) is 9.74. The van der Waals surface area contributed by atoms with Crippen LogP contribution >= 0.6 is 15.9 Å². The van der Waals surface area contributed by atoms with Gasteiger partial charge >= 0.3 is 0 Å². The summed E-state index contributed by atoms with van der Waals surface area (Å²) in [5.41, 5.74) is 1.70. The summed E-state index contributed by atoms with van der Waals surface area (Å²) in [6.45, 7) is 4.02. The molecule has 1 aromatic rings. The Morgan fingerprint density at radius 1 is 1.35 bits per heavy atom. The van der Waals surface area contributed by atoms with Crippen LogP contribution in [0.3, 0.4) is 0 Å². The second-order valence-corrected chi connectivity index (χ2v) is 7.13. The van der Waals surface area contributed by atoms with Gasteiger partial charge in [-0.15, -0.1) is 0 Å². The summed E-state index contributed by atoms with van der Waals surface area (Å²) in [6.07, 6.45) is 7.06. The van der Waals surface area contributed by atoms with Crippen LogP contribution in [0.2, 0.25) is 0 Å². The van der Waals surface area contributed by atoms with Gasteiger partial charge in [-0.2, -0.15) is 0 Å². The summed E-state index contributed by atoms with van der Waals surface area (Å²) < 4.78 is 7.41. The van der Waals surface area contributed by atoms with Gasteiger partial charge in [0.15, 0.2) is 0 Å². The van der Waals surface area contributed by atoms with E-state index in [0.29, 0.717) is 17.6 Å². The highest BCUT2D eigenvalue weighted by Crippen LogP contribution is 2.54. The molecule has 0 heterocycles. The molecule has 0 amide bonds. The van der Waals surface area contributed by atoms with E-state index >= 15 is 0 Å². The van der Waals surface area contributed by atoms with Gasteiger partial charge in [-0.25, -0.2) is 0 Å². The third-order valence-corrected chi connectivity index (χ3v) is 5.60. The Morgan fingerprint density at radius 3 is 2.85 bits per heavy atom. The predicted octanol–water partition coefficient (Wildman–Crippen LogP) is 4.28. The maximum absolute atomic E-state index is 6.27. The summed E-state index contributed by atoms with van der Waals surface area (Å²) in [5.74, 6) is 0. The Bertz CT molecular complexity index is 456. The molecule has 2 unspecified atom stereocenters. The molecule has 1 N–H and O–H groups in total. The lowest BCUT2D eigenvalue weighted by Gasteiger charge is -2.54. The Hall–Kier alpha value is -0.380. The zero-order chi connectivity index (χ0) is 14.0. The monoisotopic (exact) mass is 337 g/mol. The van der Waals surface area contributed by atoms with Crippen molar-refractivity contribution in [2.24, 2.45) is 5.41 Å². The summed E-state index contributed by atoms with van der Waals surface area (Å²) in [6, 6.07) is 9.12. The lowest BCUT2D eigenvalue weighted by atomic mass is 9.60. The van der Waals surface area contributed by atoms with Crippen molar-refractivity contribution in [1.29, 1.82) is 0 Å². The minimum atomic E-state index is 0.433. The SMILES string of the molecule is CCNC1CC(OCc2cccc(Br)c2)C12CCCC2. The molecule has 110 valence electrons. The maximum atomic E-state index is 6.27. The Labute approximate surface area is 130 Å². The van der Waals surface area contributed by atoms with Crippen molar-refractivity contribution >= 4 is 15.9 Å². The highest BCUT2D eigenvalue weighted by molar-refractivity contribution is 9.10. The summed E-state index contributed by atoms with van der Waals surface area (Å²) in [4.78, 5) is 0. The molecule has 1 spiro atoms. The highest BCUT2D eigenvalue weighted by atomic mass is 79.9. The van der Waals surface area contributed by atoms with Crippen LogP contribution in [-0.2, 0) is 11.3 Å². The van der Waals surface area contributed by atoms with Crippen molar-refractivity contribution in [3.05, 3.63) is 34.3 Å². The Balaban J connectivity index is 1.60. The molecule has 0 aliphatic heterocycles. The molecule has 20 heavy (non-hydrogen) atoms. The number of nitrogens with one attached hydrogen (secondary N) is 1. The summed E-state index contributed by atoms with van der Waals surface area (Å²) >= 11 is 3.52. The molecule has 0 radical (unpaired) electrons. The van der Waals surface area contributed by atoms with Crippen molar-refractivity contribution in [2.45, 2.75) is 57.8 Å². The van der Waals surface area contributed by atoms with Crippen LogP contribution in [0.5, 0.6) is 0 Å². The lowest BCUT2D eigenvalue weighted by Crippen LogP contribution is -2.62. The molecule has 2 saturated carbocycles. The van der Waals surface area contributed by atoms with Crippen molar-refractivity contribution in [3.8, 4) is 0 Å².